The zero-order valence-corrected chi connectivity index (χ0v) is 13.2. The van der Waals surface area contributed by atoms with Crippen molar-refractivity contribution in [2.45, 2.75) is 24.9 Å². The number of H-pyrrole nitrogens is 1. The molecule has 0 radical (unpaired) electrons. The van der Waals surface area contributed by atoms with Crippen molar-refractivity contribution in [1.82, 2.24) is 9.88 Å². The van der Waals surface area contributed by atoms with E-state index in [4.69, 9.17) is 0 Å². The third-order valence-corrected chi connectivity index (χ3v) is 4.87. The summed E-state index contributed by atoms with van der Waals surface area (Å²) in [7, 11) is 0. The quantitative estimate of drug-likeness (QED) is 0.801. The topological polar surface area (TPSA) is 59.9 Å². The van der Waals surface area contributed by atoms with Gasteiger partial charge in [-0.05, 0) is 18.1 Å². The van der Waals surface area contributed by atoms with E-state index in [1.54, 1.807) is 4.90 Å². The summed E-state index contributed by atoms with van der Waals surface area (Å²) < 4.78 is 0. The standard InChI is InChI=1S/C20H17N3O/c21-14-20(17-12-22-18-9-5-4-8-16(17)18)11-10-19(24)23(20)13-15-6-2-1-3-7-15/h1-9,12,22H,10-11,13H2. The minimum Gasteiger partial charge on any atom is -0.361 e. The Labute approximate surface area is 140 Å². The SMILES string of the molecule is N#CC1(c2c[nH]c3ccccc23)CCC(=O)N1Cc1ccccc1. The molecule has 1 amide bonds. The van der Waals surface area contributed by atoms with Crippen LogP contribution in [-0.4, -0.2) is 15.8 Å². The van der Waals surface area contributed by atoms with E-state index in [9.17, 15) is 10.1 Å². The summed E-state index contributed by atoms with van der Waals surface area (Å²) in [5.74, 6) is 0.0330. The van der Waals surface area contributed by atoms with Gasteiger partial charge in [0, 0.05) is 35.6 Å². The number of aromatic amines is 1. The molecule has 1 unspecified atom stereocenters. The van der Waals surface area contributed by atoms with Crippen LogP contribution in [0.2, 0.25) is 0 Å². The summed E-state index contributed by atoms with van der Waals surface area (Å²) in [6.07, 6.45) is 2.81. The number of nitrogens with one attached hydrogen (secondary N) is 1. The Morgan fingerprint density at radius 2 is 1.88 bits per heavy atom. The highest BCUT2D eigenvalue weighted by Gasteiger charge is 2.48. The fourth-order valence-electron chi connectivity index (χ4n) is 3.63. The van der Waals surface area contributed by atoms with Crippen LogP contribution >= 0.6 is 0 Å². The Morgan fingerprint density at radius 3 is 2.67 bits per heavy atom. The second kappa shape index (κ2) is 5.54. The predicted octanol–water partition coefficient (Wildman–Crippen LogP) is 3.71. The van der Waals surface area contributed by atoms with E-state index in [1.165, 1.54) is 0 Å². The molecule has 1 fully saturated rings. The van der Waals surface area contributed by atoms with Gasteiger partial charge in [-0.15, -0.1) is 0 Å². The molecule has 2 heterocycles. The molecule has 1 aliphatic heterocycles. The van der Waals surface area contributed by atoms with Gasteiger partial charge in [-0.3, -0.25) is 4.79 Å². The average Bonchev–Trinajstić information content (AvgIpc) is 3.19. The van der Waals surface area contributed by atoms with E-state index in [0.29, 0.717) is 19.4 Å². The molecule has 1 aromatic heterocycles. The Hall–Kier alpha value is -3.06. The number of likely N-dealkylation sites (tertiary alicyclic amines) is 1. The molecule has 4 heteroatoms. The van der Waals surface area contributed by atoms with Gasteiger partial charge in [0.05, 0.1) is 6.07 Å². The number of carbonyl (C=O) groups excluding carboxylic acids is 1. The number of hydrogen-bond donors (Lipinski definition) is 1. The van der Waals surface area contributed by atoms with Gasteiger partial charge in [0.15, 0.2) is 5.54 Å². The lowest BCUT2D eigenvalue weighted by Crippen LogP contribution is -2.41. The maximum atomic E-state index is 12.5. The van der Waals surface area contributed by atoms with Crippen molar-refractivity contribution in [2.24, 2.45) is 0 Å². The largest absolute Gasteiger partial charge is 0.361 e. The zero-order valence-electron chi connectivity index (χ0n) is 13.2. The number of nitrogens with zero attached hydrogens (tertiary/aromatic N) is 2. The minimum absolute atomic E-state index is 0.0330. The highest BCUT2D eigenvalue weighted by atomic mass is 16.2. The summed E-state index contributed by atoms with van der Waals surface area (Å²) in [5.41, 5.74) is 2.00. The van der Waals surface area contributed by atoms with E-state index in [0.717, 1.165) is 22.0 Å². The molecule has 0 saturated carbocycles. The van der Waals surface area contributed by atoms with E-state index < -0.39 is 5.54 Å². The Morgan fingerprint density at radius 1 is 1.12 bits per heavy atom. The van der Waals surface area contributed by atoms with Gasteiger partial charge >= 0.3 is 0 Å². The molecular formula is C20H17N3O. The summed E-state index contributed by atoms with van der Waals surface area (Å²) in [6, 6.07) is 20.2. The molecule has 24 heavy (non-hydrogen) atoms. The van der Waals surface area contributed by atoms with Crippen LogP contribution < -0.4 is 0 Å². The number of fused-ring (bicyclic) bond motifs is 1. The van der Waals surface area contributed by atoms with Crippen molar-refractivity contribution in [3.8, 4) is 6.07 Å². The third-order valence-electron chi connectivity index (χ3n) is 4.87. The van der Waals surface area contributed by atoms with Crippen LogP contribution in [-0.2, 0) is 16.9 Å². The predicted molar refractivity (Wildman–Crippen MR) is 91.8 cm³/mol. The molecule has 1 aliphatic rings. The van der Waals surface area contributed by atoms with E-state index >= 15 is 0 Å². The maximum absolute atomic E-state index is 12.5. The number of hydrogen-bond acceptors (Lipinski definition) is 2. The molecular weight excluding hydrogens is 298 g/mol. The van der Waals surface area contributed by atoms with Crippen LogP contribution in [0.4, 0.5) is 0 Å². The van der Waals surface area contributed by atoms with E-state index in [-0.39, 0.29) is 5.91 Å². The second-order valence-corrected chi connectivity index (χ2v) is 6.19. The summed E-state index contributed by atoms with van der Waals surface area (Å²) in [4.78, 5) is 17.5. The van der Waals surface area contributed by atoms with E-state index in [2.05, 4.69) is 11.1 Å². The molecule has 0 aliphatic carbocycles. The molecule has 4 rings (SSSR count). The Bertz CT molecular complexity index is 938. The van der Waals surface area contributed by atoms with Crippen LogP contribution in [0, 0.1) is 11.3 Å². The third kappa shape index (κ3) is 2.10. The Balaban J connectivity index is 1.83. The first kappa shape index (κ1) is 14.5. The lowest BCUT2D eigenvalue weighted by molar-refractivity contribution is -0.131. The molecule has 2 aromatic carbocycles. The fraction of sp³-hybridized carbons (Fsp3) is 0.200. The lowest BCUT2D eigenvalue weighted by atomic mass is 9.88. The van der Waals surface area contributed by atoms with Crippen LogP contribution in [0.5, 0.6) is 0 Å². The number of nitriles is 1. The summed E-state index contributed by atoms with van der Waals surface area (Å²) in [6.45, 7) is 0.451. The van der Waals surface area contributed by atoms with Crippen molar-refractivity contribution < 1.29 is 4.79 Å². The Kier molecular flexibility index (Phi) is 3.35. The van der Waals surface area contributed by atoms with Crippen LogP contribution in [0.15, 0.2) is 60.8 Å². The lowest BCUT2D eigenvalue weighted by Gasteiger charge is -2.32. The van der Waals surface area contributed by atoms with Crippen LogP contribution in [0.3, 0.4) is 0 Å². The smallest absolute Gasteiger partial charge is 0.224 e. The van der Waals surface area contributed by atoms with Gasteiger partial charge in [0.2, 0.25) is 5.91 Å². The fourth-order valence-corrected chi connectivity index (χ4v) is 3.63. The molecule has 1 saturated heterocycles. The number of rotatable bonds is 3. The first-order chi connectivity index (χ1) is 11.7. The van der Waals surface area contributed by atoms with Gasteiger partial charge in [-0.25, -0.2) is 0 Å². The number of amides is 1. The number of para-hydroxylation sites is 1. The molecule has 3 aromatic rings. The van der Waals surface area contributed by atoms with Crippen LogP contribution in [0.25, 0.3) is 10.9 Å². The van der Waals surface area contributed by atoms with Gasteiger partial charge in [0.25, 0.3) is 0 Å². The first-order valence-electron chi connectivity index (χ1n) is 8.07. The summed E-state index contributed by atoms with van der Waals surface area (Å²) >= 11 is 0. The molecule has 0 spiro atoms. The van der Waals surface area contributed by atoms with Gasteiger partial charge < -0.3 is 9.88 Å². The highest BCUT2D eigenvalue weighted by molar-refractivity contribution is 5.88. The molecule has 1 N–H and O–H groups in total. The molecule has 118 valence electrons. The first-order valence-corrected chi connectivity index (χ1v) is 8.07. The van der Waals surface area contributed by atoms with Gasteiger partial charge in [-0.1, -0.05) is 48.5 Å². The monoisotopic (exact) mass is 315 g/mol. The van der Waals surface area contributed by atoms with Crippen LogP contribution in [0.1, 0.15) is 24.0 Å². The number of carbonyl (C=O) groups is 1. The zero-order chi connectivity index (χ0) is 16.6. The molecule has 0 bridgehead atoms. The van der Waals surface area contributed by atoms with Gasteiger partial charge in [0.1, 0.15) is 0 Å². The minimum atomic E-state index is -0.910. The van der Waals surface area contributed by atoms with E-state index in [1.807, 2.05) is 60.8 Å². The van der Waals surface area contributed by atoms with Crippen molar-refractivity contribution in [3.05, 3.63) is 71.9 Å². The van der Waals surface area contributed by atoms with Crippen molar-refractivity contribution in [3.63, 3.8) is 0 Å². The normalized spacial score (nSPS) is 20.5. The van der Waals surface area contributed by atoms with Crippen molar-refractivity contribution in [1.29, 1.82) is 5.26 Å². The maximum Gasteiger partial charge on any atom is 0.224 e. The second-order valence-electron chi connectivity index (χ2n) is 6.19. The number of aromatic nitrogens is 1. The number of benzene rings is 2. The van der Waals surface area contributed by atoms with Crippen molar-refractivity contribution >= 4 is 16.8 Å². The average molecular weight is 315 g/mol. The highest BCUT2D eigenvalue weighted by Crippen LogP contribution is 2.42. The van der Waals surface area contributed by atoms with Gasteiger partial charge in [-0.2, -0.15) is 5.26 Å². The summed E-state index contributed by atoms with van der Waals surface area (Å²) in [5, 5.41) is 11.1. The van der Waals surface area contributed by atoms with Crippen molar-refractivity contribution in [2.75, 3.05) is 0 Å². The molecule has 1 atom stereocenters. The molecule has 4 nitrogen and oxygen atoms in total.